The normalized spacial score (nSPS) is 17.9. The lowest BCUT2D eigenvalue weighted by molar-refractivity contribution is 0.361. The van der Waals surface area contributed by atoms with Gasteiger partial charge in [-0.1, -0.05) is 42.5 Å². The molecule has 4 rings (SSSR count). The number of nitrogens with zero attached hydrogens (tertiary/aromatic N) is 1. The highest BCUT2D eigenvalue weighted by Gasteiger charge is 2.38. The first-order chi connectivity index (χ1) is 10.4. The molecule has 1 N–H and O–H groups in total. The zero-order valence-electron chi connectivity index (χ0n) is 11.9. The van der Waals surface area contributed by atoms with Crippen LogP contribution in [0.1, 0.15) is 23.4 Å². The third-order valence-electron chi connectivity index (χ3n) is 4.49. The summed E-state index contributed by atoms with van der Waals surface area (Å²) in [4.78, 5) is 4.98. The van der Waals surface area contributed by atoms with Gasteiger partial charge in [0.2, 0.25) is 0 Å². The molecular weight excluding hydrogens is 276 g/mol. The fourth-order valence-electron chi connectivity index (χ4n) is 3.31. The van der Waals surface area contributed by atoms with E-state index in [-0.39, 0.29) is 5.41 Å². The van der Waals surface area contributed by atoms with Gasteiger partial charge in [-0.2, -0.15) is 0 Å². The number of thiazole rings is 1. The molecule has 2 nitrogen and oxygen atoms in total. The van der Waals surface area contributed by atoms with Gasteiger partial charge in [0.15, 0.2) is 0 Å². The van der Waals surface area contributed by atoms with E-state index in [1.54, 1.807) is 0 Å². The standard InChI is InChI=1S/C18H18N2S/c1-2-6-14(7-3-1)18(10-12-19-13-11-18)17-20-15-8-4-5-9-16(15)21-17/h1-9,19H,10-13H2. The van der Waals surface area contributed by atoms with Gasteiger partial charge >= 0.3 is 0 Å². The van der Waals surface area contributed by atoms with Crippen LogP contribution in [0.2, 0.25) is 0 Å². The molecule has 0 aliphatic carbocycles. The molecule has 1 aliphatic rings. The van der Waals surface area contributed by atoms with Crippen LogP contribution in [0.4, 0.5) is 0 Å². The third-order valence-corrected chi connectivity index (χ3v) is 5.73. The highest BCUT2D eigenvalue weighted by molar-refractivity contribution is 7.18. The van der Waals surface area contributed by atoms with E-state index in [4.69, 9.17) is 4.98 Å². The predicted molar refractivity (Wildman–Crippen MR) is 88.9 cm³/mol. The molecular formula is C18H18N2S. The molecule has 2 aromatic carbocycles. The minimum absolute atomic E-state index is 0.0796. The summed E-state index contributed by atoms with van der Waals surface area (Å²) in [6.45, 7) is 2.12. The molecule has 2 heterocycles. The van der Waals surface area contributed by atoms with Gasteiger partial charge in [0, 0.05) is 5.41 Å². The van der Waals surface area contributed by atoms with Crippen LogP contribution in [0.25, 0.3) is 10.2 Å². The van der Waals surface area contributed by atoms with Gasteiger partial charge < -0.3 is 5.32 Å². The Labute approximate surface area is 128 Å². The number of nitrogens with one attached hydrogen (secondary N) is 1. The molecule has 0 radical (unpaired) electrons. The summed E-state index contributed by atoms with van der Waals surface area (Å²) in [7, 11) is 0. The molecule has 0 spiro atoms. The second-order valence-electron chi connectivity index (χ2n) is 5.68. The molecule has 1 fully saturated rings. The van der Waals surface area contributed by atoms with E-state index in [0.717, 1.165) is 31.4 Å². The van der Waals surface area contributed by atoms with Gasteiger partial charge in [-0.05, 0) is 43.6 Å². The highest BCUT2D eigenvalue weighted by Crippen LogP contribution is 2.43. The Hall–Kier alpha value is -1.71. The summed E-state index contributed by atoms with van der Waals surface area (Å²) in [5.74, 6) is 0. The summed E-state index contributed by atoms with van der Waals surface area (Å²) in [5, 5.41) is 4.76. The van der Waals surface area contributed by atoms with Crippen LogP contribution in [0, 0.1) is 0 Å². The van der Waals surface area contributed by atoms with Crippen molar-refractivity contribution in [1.29, 1.82) is 0 Å². The Kier molecular flexibility index (Phi) is 3.24. The monoisotopic (exact) mass is 294 g/mol. The zero-order valence-corrected chi connectivity index (χ0v) is 12.7. The Morgan fingerprint density at radius 3 is 2.38 bits per heavy atom. The fourth-order valence-corrected chi connectivity index (χ4v) is 4.55. The molecule has 3 heteroatoms. The minimum atomic E-state index is 0.0796. The number of hydrogen-bond donors (Lipinski definition) is 1. The van der Waals surface area contributed by atoms with Crippen molar-refractivity contribution in [2.45, 2.75) is 18.3 Å². The first-order valence-electron chi connectivity index (χ1n) is 7.51. The maximum Gasteiger partial charge on any atom is 0.104 e. The van der Waals surface area contributed by atoms with Gasteiger partial charge in [-0.3, -0.25) is 0 Å². The minimum Gasteiger partial charge on any atom is -0.317 e. The van der Waals surface area contributed by atoms with E-state index < -0.39 is 0 Å². The second-order valence-corrected chi connectivity index (χ2v) is 6.72. The number of para-hydroxylation sites is 1. The SMILES string of the molecule is c1ccc(C2(c3nc4ccccc4s3)CCNCC2)cc1. The Morgan fingerprint density at radius 1 is 0.905 bits per heavy atom. The lowest BCUT2D eigenvalue weighted by Crippen LogP contribution is -2.40. The first-order valence-corrected chi connectivity index (χ1v) is 8.32. The summed E-state index contributed by atoms with van der Waals surface area (Å²) in [6.07, 6.45) is 2.24. The van der Waals surface area contributed by atoms with E-state index in [0.29, 0.717) is 0 Å². The summed E-state index contributed by atoms with van der Waals surface area (Å²) < 4.78 is 1.29. The maximum absolute atomic E-state index is 4.98. The molecule has 106 valence electrons. The van der Waals surface area contributed by atoms with E-state index in [1.165, 1.54) is 15.3 Å². The summed E-state index contributed by atoms with van der Waals surface area (Å²) >= 11 is 1.86. The van der Waals surface area contributed by atoms with Crippen molar-refractivity contribution in [2.24, 2.45) is 0 Å². The van der Waals surface area contributed by atoms with Gasteiger partial charge in [0.25, 0.3) is 0 Å². The third kappa shape index (κ3) is 2.17. The molecule has 0 bridgehead atoms. The Balaban J connectivity index is 1.89. The van der Waals surface area contributed by atoms with E-state index in [2.05, 4.69) is 59.9 Å². The van der Waals surface area contributed by atoms with Crippen molar-refractivity contribution in [3.8, 4) is 0 Å². The van der Waals surface area contributed by atoms with Crippen molar-refractivity contribution in [2.75, 3.05) is 13.1 Å². The van der Waals surface area contributed by atoms with Crippen LogP contribution in [-0.4, -0.2) is 18.1 Å². The van der Waals surface area contributed by atoms with Crippen molar-refractivity contribution in [1.82, 2.24) is 10.3 Å². The van der Waals surface area contributed by atoms with Crippen LogP contribution in [-0.2, 0) is 5.41 Å². The molecule has 21 heavy (non-hydrogen) atoms. The molecule has 3 aromatic rings. The van der Waals surface area contributed by atoms with Gasteiger partial charge in [-0.15, -0.1) is 11.3 Å². The number of rotatable bonds is 2. The lowest BCUT2D eigenvalue weighted by Gasteiger charge is -2.36. The Morgan fingerprint density at radius 2 is 1.62 bits per heavy atom. The van der Waals surface area contributed by atoms with Crippen LogP contribution in [0.5, 0.6) is 0 Å². The molecule has 1 aliphatic heterocycles. The molecule has 0 unspecified atom stereocenters. The number of fused-ring (bicyclic) bond motifs is 1. The van der Waals surface area contributed by atoms with Crippen LogP contribution in [0.3, 0.4) is 0 Å². The highest BCUT2D eigenvalue weighted by atomic mass is 32.1. The van der Waals surface area contributed by atoms with Gasteiger partial charge in [0.1, 0.15) is 5.01 Å². The van der Waals surface area contributed by atoms with Crippen LogP contribution < -0.4 is 5.32 Å². The zero-order chi connectivity index (χ0) is 14.1. The second kappa shape index (κ2) is 5.24. The summed E-state index contributed by atoms with van der Waals surface area (Å²) in [6, 6.07) is 19.4. The van der Waals surface area contributed by atoms with Crippen LogP contribution in [0.15, 0.2) is 54.6 Å². The molecule has 1 saturated heterocycles. The van der Waals surface area contributed by atoms with Gasteiger partial charge in [-0.25, -0.2) is 4.98 Å². The maximum atomic E-state index is 4.98. The fraction of sp³-hybridized carbons (Fsp3) is 0.278. The topological polar surface area (TPSA) is 24.9 Å². The van der Waals surface area contributed by atoms with E-state index in [1.807, 2.05) is 11.3 Å². The van der Waals surface area contributed by atoms with Crippen molar-refractivity contribution in [3.05, 3.63) is 65.2 Å². The van der Waals surface area contributed by atoms with Gasteiger partial charge in [0.05, 0.1) is 10.2 Å². The number of piperidine rings is 1. The average molecular weight is 294 g/mol. The van der Waals surface area contributed by atoms with E-state index in [9.17, 15) is 0 Å². The average Bonchev–Trinajstić information content (AvgIpc) is 3.01. The van der Waals surface area contributed by atoms with Crippen LogP contribution >= 0.6 is 11.3 Å². The lowest BCUT2D eigenvalue weighted by atomic mass is 9.73. The first kappa shape index (κ1) is 13.0. The van der Waals surface area contributed by atoms with Crippen molar-refractivity contribution in [3.63, 3.8) is 0 Å². The molecule has 0 amide bonds. The molecule has 1 aromatic heterocycles. The molecule has 0 saturated carbocycles. The molecule has 0 atom stereocenters. The van der Waals surface area contributed by atoms with E-state index >= 15 is 0 Å². The van der Waals surface area contributed by atoms with Crippen molar-refractivity contribution >= 4 is 21.6 Å². The number of hydrogen-bond acceptors (Lipinski definition) is 3. The Bertz CT molecular complexity index is 709. The smallest absolute Gasteiger partial charge is 0.104 e. The summed E-state index contributed by atoms with van der Waals surface area (Å²) in [5.41, 5.74) is 2.62. The quantitative estimate of drug-likeness (QED) is 0.773. The number of benzene rings is 2. The predicted octanol–water partition coefficient (Wildman–Crippen LogP) is 3.97. The van der Waals surface area contributed by atoms with Crippen molar-refractivity contribution < 1.29 is 0 Å². The number of aromatic nitrogens is 1. The largest absolute Gasteiger partial charge is 0.317 e.